The summed E-state index contributed by atoms with van der Waals surface area (Å²) in [6.07, 6.45) is 5.45. The van der Waals surface area contributed by atoms with E-state index < -0.39 is 0 Å². The van der Waals surface area contributed by atoms with Crippen molar-refractivity contribution in [3.05, 3.63) is 0 Å². The Morgan fingerprint density at radius 2 is 1.93 bits per heavy atom. The molecule has 2 saturated heterocycles. The maximum absolute atomic E-state index is 5.35. The topological polar surface area (TPSA) is 12.5 Å². The van der Waals surface area contributed by atoms with Crippen LogP contribution in [0.5, 0.6) is 0 Å². The molecule has 0 aromatic rings. The van der Waals surface area contributed by atoms with Gasteiger partial charge in [-0.3, -0.25) is 4.90 Å². The summed E-state index contributed by atoms with van der Waals surface area (Å²) in [6.45, 7) is 9.06. The highest BCUT2D eigenvalue weighted by molar-refractivity contribution is 4.91. The molecule has 0 amide bonds. The Balaban J connectivity index is 2.00. The molecule has 15 heavy (non-hydrogen) atoms. The van der Waals surface area contributed by atoms with Crippen molar-refractivity contribution in [2.75, 3.05) is 13.2 Å². The molecule has 0 aromatic heterocycles. The number of hydrogen-bond donors (Lipinski definition) is 0. The van der Waals surface area contributed by atoms with E-state index in [4.69, 9.17) is 4.74 Å². The molecule has 88 valence electrons. The first-order valence-corrected chi connectivity index (χ1v) is 6.57. The molecule has 2 rings (SSSR count). The van der Waals surface area contributed by atoms with E-state index in [-0.39, 0.29) is 0 Å². The molecule has 0 N–H and O–H groups in total. The fourth-order valence-corrected chi connectivity index (χ4v) is 3.40. The molecule has 2 heterocycles. The van der Waals surface area contributed by atoms with Crippen LogP contribution >= 0.6 is 0 Å². The van der Waals surface area contributed by atoms with Crippen molar-refractivity contribution < 1.29 is 4.74 Å². The highest BCUT2D eigenvalue weighted by Crippen LogP contribution is 2.33. The molecule has 0 saturated carbocycles. The van der Waals surface area contributed by atoms with Crippen molar-refractivity contribution in [3.63, 3.8) is 0 Å². The van der Waals surface area contributed by atoms with Crippen LogP contribution in [0.1, 0.15) is 46.5 Å². The summed E-state index contributed by atoms with van der Waals surface area (Å²) in [7, 11) is 0. The number of ether oxygens (including phenoxy) is 1. The second-order valence-corrected chi connectivity index (χ2v) is 5.51. The fraction of sp³-hybridized carbons (Fsp3) is 1.00. The Kier molecular flexibility index (Phi) is 3.68. The third-order valence-corrected chi connectivity index (χ3v) is 4.01. The number of nitrogens with zero attached hydrogens (tertiary/aromatic N) is 1. The quantitative estimate of drug-likeness (QED) is 0.711. The SMILES string of the molecule is CCCC1CC(C)CC(C)N1C1COC1. The molecule has 2 aliphatic heterocycles. The van der Waals surface area contributed by atoms with Crippen LogP contribution in [0.15, 0.2) is 0 Å². The van der Waals surface area contributed by atoms with Crippen LogP contribution in [-0.2, 0) is 4.74 Å². The molecule has 0 bridgehead atoms. The van der Waals surface area contributed by atoms with E-state index in [0.717, 1.165) is 37.3 Å². The normalized spacial score (nSPS) is 39.0. The van der Waals surface area contributed by atoms with Gasteiger partial charge in [-0.15, -0.1) is 0 Å². The van der Waals surface area contributed by atoms with Crippen molar-refractivity contribution in [3.8, 4) is 0 Å². The third-order valence-electron chi connectivity index (χ3n) is 4.01. The molecule has 3 atom stereocenters. The van der Waals surface area contributed by atoms with E-state index in [0.29, 0.717) is 0 Å². The van der Waals surface area contributed by atoms with Gasteiger partial charge in [0, 0.05) is 12.1 Å². The monoisotopic (exact) mass is 211 g/mol. The maximum atomic E-state index is 5.35. The van der Waals surface area contributed by atoms with E-state index in [1.54, 1.807) is 0 Å². The molecule has 2 aliphatic rings. The van der Waals surface area contributed by atoms with Gasteiger partial charge in [0.05, 0.1) is 19.3 Å². The molecule has 0 aliphatic carbocycles. The Labute approximate surface area is 94.0 Å². The van der Waals surface area contributed by atoms with Gasteiger partial charge in [-0.2, -0.15) is 0 Å². The van der Waals surface area contributed by atoms with E-state index in [1.807, 2.05) is 0 Å². The molecule has 2 heteroatoms. The zero-order valence-electron chi connectivity index (χ0n) is 10.4. The standard InChI is InChI=1S/C13H25NO/c1-4-5-12-7-10(2)6-11(3)14(12)13-8-15-9-13/h10-13H,4-9H2,1-3H3. The van der Waals surface area contributed by atoms with Crippen molar-refractivity contribution in [2.24, 2.45) is 5.92 Å². The van der Waals surface area contributed by atoms with E-state index in [2.05, 4.69) is 25.7 Å². The zero-order chi connectivity index (χ0) is 10.8. The summed E-state index contributed by atoms with van der Waals surface area (Å²) in [5.41, 5.74) is 0. The summed E-state index contributed by atoms with van der Waals surface area (Å²) in [6, 6.07) is 2.31. The summed E-state index contributed by atoms with van der Waals surface area (Å²) in [5, 5.41) is 0. The lowest BCUT2D eigenvalue weighted by molar-refractivity contribution is -0.111. The van der Waals surface area contributed by atoms with Gasteiger partial charge in [-0.05, 0) is 32.1 Å². The number of hydrogen-bond acceptors (Lipinski definition) is 2. The lowest BCUT2D eigenvalue weighted by Crippen LogP contribution is -2.59. The first-order chi connectivity index (χ1) is 7.22. The van der Waals surface area contributed by atoms with Crippen molar-refractivity contribution >= 4 is 0 Å². The molecule has 0 aromatic carbocycles. The van der Waals surface area contributed by atoms with Crippen LogP contribution < -0.4 is 0 Å². The number of piperidine rings is 1. The Hall–Kier alpha value is -0.0800. The van der Waals surface area contributed by atoms with Crippen LogP contribution in [-0.4, -0.2) is 36.2 Å². The van der Waals surface area contributed by atoms with Crippen molar-refractivity contribution in [2.45, 2.75) is 64.6 Å². The molecule has 0 radical (unpaired) electrons. The first-order valence-electron chi connectivity index (χ1n) is 6.57. The van der Waals surface area contributed by atoms with Crippen LogP contribution in [0.2, 0.25) is 0 Å². The first kappa shape index (κ1) is 11.4. The van der Waals surface area contributed by atoms with Gasteiger partial charge >= 0.3 is 0 Å². The second kappa shape index (κ2) is 4.84. The van der Waals surface area contributed by atoms with Crippen molar-refractivity contribution in [1.29, 1.82) is 0 Å². The summed E-state index contributed by atoms with van der Waals surface area (Å²) in [4.78, 5) is 2.76. The lowest BCUT2D eigenvalue weighted by atomic mass is 9.84. The van der Waals surface area contributed by atoms with Gasteiger partial charge in [0.15, 0.2) is 0 Å². The molecular formula is C13H25NO. The number of likely N-dealkylation sites (tertiary alicyclic amines) is 1. The van der Waals surface area contributed by atoms with Crippen LogP contribution in [0.4, 0.5) is 0 Å². The fourth-order valence-electron chi connectivity index (χ4n) is 3.40. The summed E-state index contributed by atoms with van der Waals surface area (Å²) < 4.78 is 5.35. The molecule has 2 nitrogen and oxygen atoms in total. The van der Waals surface area contributed by atoms with Crippen LogP contribution in [0, 0.1) is 5.92 Å². The Bertz CT molecular complexity index is 203. The second-order valence-electron chi connectivity index (χ2n) is 5.51. The molecule has 2 fully saturated rings. The average molecular weight is 211 g/mol. The van der Waals surface area contributed by atoms with Crippen molar-refractivity contribution in [1.82, 2.24) is 4.90 Å². The van der Waals surface area contributed by atoms with Gasteiger partial charge < -0.3 is 4.74 Å². The number of rotatable bonds is 3. The minimum Gasteiger partial charge on any atom is -0.378 e. The molecule has 3 unspecified atom stereocenters. The lowest BCUT2D eigenvalue weighted by Gasteiger charge is -2.50. The van der Waals surface area contributed by atoms with Gasteiger partial charge in [0.25, 0.3) is 0 Å². The predicted octanol–water partition coefficient (Wildman–Crippen LogP) is 2.67. The van der Waals surface area contributed by atoms with Gasteiger partial charge in [0.1, 0.15) is 0 Å². The van der Waals surface area contributed by atoms with Crippen LogP contribution in [0.25, 0.3) is 0 Å². The van der Waals surface area contributed by atoms with E-state index >= 15 is 0 Å². The largest absolute Gasteiger partial charge is 0.378 e. The summed E-state index contributed by atoms with van der Waals surface area (Å²) >= 11 is 0. The predicted molar refractivity (Wildman–Crippen MR) is 63.0 cm³/mol. The maximum Gasteiger partial charge on any atom is 0.0645 e. The van der Waals surface area contributed by atoms with E-state index in [9.17, 15) is 0 Å². The van der Waals surface area contributed by atoms with Gasteiger partial charge in [0.2, 0.25) is 0 Å². The molecule has 0 spiro atoms. The minimum absolute atomic E-state index is 0.726. The highest BCUT2D eigenvalue weighted by atomic mass is 16.5. The van der Waals surface area contributed by atoms with Gasteiger partial charge in [-0.1, -0.05) is 20.3 Å². The highest BCUT2D eigenvalue weighted by Gasteiger charge is 2.38. The smallest absolute Gasteiger partial charge is 0.0645 e. The minimum atomic E-state index is 0.726. The Morgan fingerprint density at radius 1 is 1.20 bits per heavy atom. The third kappa shape index (κ3) is 2.36. The zero-order valence-corrected chi connectivity index (χ0v) is 10.4. The van der Waals surface area contributed by atoms with Gasteiger partial charge in [-0.25, -0.2) is 0 Å². The van der Waals surface area contributed by atoms with E-state index in [1.165, 1.54) is 25.7 Å². The Morgan fingerprint density at radius 3 is 2.47 bits per heavy atom. The molecular weight excluding hydrogens is 186 g/mol. The summed E-state index contributed by atoms with van der Waals surface area (Å²) in [5.74, 6) is 0.911. The average Bonchev–Trinajstić information content (AvgIpc) is 2.08. The van der Waals surface area contributed by atoms with Crippen LogP contribution in [0.3, 0.4) is 0 Å².